The van der Waals surface area contributed by atoms with Crippen LogP contribution in [0.5, 0.6) is 0 Å². The highest BCUT2D eigenvalue weighted by Crippen LogP contribution is 2.36. The van der Waals surface area contributed by atoms with Gasteiger partial charge in [0.15, 0.2) is 0 Å². The molecule has 2 aromatic heterocycles. The molecule has 33 heavy (non-hydrogen) atoms. The number of aryl methyl sites for hydroxylation is 1. The quantitative estimate of drug-likeness (QED) is 0.480. The Morgan fingerprint density at radius 2 is 2.00 bits per heavy atom. The molecule has 9 heteroatoms. The number of nitrogens with zero attached hydrogens (tertiary/aromatic N) is 3. The van der Waals surface area contributed by atoms with E-state index in [1.165, 1.54) is 16.3 Å². The van der Waals surface area contributed by atoms with Crippen LogP contribution >= 0.6 is 23.1 Å². The fourth-order valence-electron chi connectivity index (χ4n) is 3.71. The van der Waals surface area contributed by atoms with Crippen molar-refractivity contribution in [2.24, 2.45) is 5.10 Å². The van der Waals surface area contributed by atoms with Gasteiger partial charge in [-0.05, 0) is 53.9 Å². The minimum atomic E-state index is -0.469. The number of rotatable bonds is 5. The molecule has 5 rings (SSSR count). The van der Waals surface area contributed by atoms with Crippen LogP contribution in [0.1, 0.15) is 34.2 Å². The number of benzene rings is 1. The first-order valence-electron chi connectivity index (χ1n) is 10.3. The summed E-state index contributed by atoms with van der Waals surface area (Å²) in [5.74, 6) is -0.317. The first-order chi connectivity index (χ1) is 16.0. The van der Waals surface area contributed by atoms with E-state index in [0.29, 0.717) is 17.1 Å². The highest BCUT2D eigenvalue weighted by molar-refractivity contribution is 8.18. The molecule has 0 saturated carbocycles. The molecule has 7 nitrogen and oxygen atoms in total. The van der Waals surface area contributed by atoms with Gasteiger partial charge in [-0.3, -0.25) is 19.3 Å². The van der Waals surface area contributed by atoms with Crippen LogP contribution in [0.3, 0.4) is 0 Å². The maximum absolute atomic E-state index is 13.3. The van der Waals surface area contributed by atoms with Gasteiger partial charge in [-0.2, -0.15) is 5.10 Å². The Hall–Kier alpha value is -3.43. The lowest BCUT2D eigenvalue weighted by atomic mass is 10.0. The largest absolute Gasteiger partial charge is 0.467 e. The molecule has 1 unspecified atom stereocenters. The normalized spacial score (nSPS) is 19.6. The van der Waals surface area contributed by atoms with Crippen LogP contribution in [0, 0.1) is 6.92 Å². The predicted molar refractivity (Wildman–Crippen MR) is 128 cm³/mol. The highest BCUT2D eigenvalue weighted by atomic mass is 32.2. The van der Waals surface area contributed by atoms with Crippen LogP contribution < -0.4 is 0 Å². The molecule has 1 saturated heterocycles. The van der Waals surface area contributed by atoms with E-state index in [4.69, 9.17) is 4.42 Å². The molecular formula is C24H19N3O4S2. The van der Waals surface area contributed by atoms with Crippen LogP contribution in [0.25, 0.3) is 6.08 Å². The minimum absolute atomic E-state index is 0.308. The van der Waals surface area contributed by atoms with Gasteiger partial charge in [0.05, 0.1) is 16.9 Å². The predicted octanol–water partition coefficient (Wildman–Crippen LogP) is 5.06. The zero-order valence-corrected chi connectivity index (χ0v) is 19.3. The van der Waals surface area contributed by atoms with Gasteiger partial charge in [0.1, 0.15) is 18.3 Å². The first kappa shape index (κ1) is 21.4. The monoisotopic (exact) mass is 477 g/mol. The summed E-state index contributed by atoms with van der Waals surface area (Å²) in [4.78, 5) is 40.7. The minimum Gasteiger partial charge on any atom is -0.467 e. The van der Waals surface area contributed by atoms with Crippen LogP contribution in [0.2, 0.25) is 0 Å². The van der Waals surface area contributed by atoms with Crippen molar-refractivity contribution in [3.63, 3.8) is 0 Å². The molecule has 0 bridgehead atoms. The number of hydrazone groups is 1. The number of hydrogen-bond donors (Lipinski definition) is 0. The van der Waals surface area contributed by atoms with Gasteiger partial charge in [-0.25, -0.2) is 5.01 Å². The van der Waals surface area contributed by atoms with E-state index in [1.54, 1.807) is 24.5 Å². The fraction of sp³-hybridized carbons (Fsp3) is 0.167. The number of hydrogen-bond acceptors (Lipinski definition) is 7. The molecular weight excluding hydrogens is 458 g/mol. The molecule has 0 radical (unpaired) electrons. The number of imide groups is 1. The van der Waals surface area contributed by atoms with Crippen LogP contribution in [-0.4, -0.2) is 39.2 Å². The Labute approximate surface area is 198 Å². The molecule has 1 fully saturated rings. The summed E-state index contributed by atoms with van der Waals surface area (Å²) >= 11 is 2.31. The molecule has 2 aliphatic heterocycles. The Kier molecular flexibility index (Phi) is 5.74. The number of amides is 3. The van der Waals surface area contributed by atoms with Gasteiger partial charge in [0, 0.05) is 11.3 Å². The van der Waals surface area contributed by atoms with E-state index >= 15 is 0 Å². The van der Waals surface area contributed by atoms with Gasteiger partial charge in [0.2, 0.25) is 0 Å². The van der Waals surface area contributed by atoms with Gasteiger partial charge in [-0.1, -0.05) is 35.9 Å². The Morgan fingerprint density at radius 3 is 2.70 bits per heavy atom. The molecule has 1 atom stereocenters. The van der Waals surface area contributed by atoms with Crippen molar-refractivity contribution in [1.82, 2.24) is 9.91 Å². The second-order valence-electron chi connectivity index (χ2n) is 7.67. The SMILES string of the molecule is Cc1ccc(C2=NN(C(=O)CN3C(=O)S/C(=C\c4cccs4)C3=O)C(c3ccco3)C2)cc1. The van der Waals surface area contributed by atoms with E-state index in [9.17, 15) is 14.4 Å². The Bertz CT molecular complexity index is 1260. The van der Waals surface area contributed by atoms with Gasteiger partial charge < -0.3 is 4.42 Å². The third-order valence-electron chi connectivity index (χ3n) is 5.41. The lowest BCUT2D eigenvalue weighted by Crippen LogP contribution is -2.40. The van der Waals surface area contributed by atoms with Crippen molar-refractivity contribution in [3.05, 3.63) is 86.8 Å². The van der Waals surface area contributed by atoms with Crippen molar-refractivity contribution in [3.8, 4) is 0 Å². The van der Waals surface area contributed by atoms with Gasteiger partial charge >= 0.3 is 0 Å². The average Bonchev–Trinajstić information content (AvgIpc) is 3.60. The fourth-order valence-corrected chi connectivity index (χ4v) is 5.27. The van der Waals surface area contributed by atoms with Gasteiger partial charge in [-0.15, -0.1) is 11.3 Å². The van der Waals surface area contributed by atoms with Crippen molar-refractivity contribution in [1.29, 1.82) is 0 Å². The average molecular weight is 478 g/mol. The van der Waals surface area contributed by atoms with Crippen LogP contribution in [0.15, 0.2) is 74.6 Å². The molecule has 1 aromatic carbocycles. The van der Waals surface area contributed by atoms with Gasteiger partial charge in [0.25, 0.3) is 17.1 Å². The summed E-state index contributed by atoms with van der Waals surface area (Å²) in [6.07, 6.45) is 3.70. The second kappa shape index (κ2) is 8.84. The molecule has 0 spiro atoms. The summed E-state index contributed by atoms with van der Waals surface area (Å²) in [6.45, 7) is 1.62. The molecule has 0 aliphatic carbocycles. The number of thiophene rings is 1. The third-order valence-corrected chi connectivity index (χ3v) is 7.13. The maximum Gasteiger partial charge on any atom is 0.294 e. The number of carbonyl (C=O) groups excluding carboxylic acids is 3. The first-order valence-corrected chi connectivity index (χ1v) is 12.0. The summed E-state index contributed by atoms with van der Waals surface area (Å²) in [5.41, 5.74) is 2.79. The zero-order valence-electron chi connectivity index (χ0n) is 17.6. The van der Waals surface area contributed by atoms with E-state index in [2.05, 4.69) is 5.10 Å². The molecule has 4 heterocycles. The number of furan rings is 1. The third kappa shape index (κ3) is 4.29. The van der Waals surface area contributed by atoms with Crippen molar-refractivity contribution < 1.29 is 18.8 Å². The molecule has 0 N–H and O–H groups in total. The topological polar surface area (TPSA) is 83.2 Å². The molecule has 166 valence electrons. The summed E-state index contributed by atoms with van der Waals surface area (Å²) < 4.78 is 5.56. The lowest BCUT2D eigenvalue weighted by Gasteiger charge is -2.22. The number of thioether (sulfide) groups is 1. The molecule has 3 aromatic rings. The summed E-state index contributed by atoms with van der Waals surface area (Å²) in [6, 6.07) is 14.8. The van der Waals surface area contributed by atoms with Crippen LogP contribution in [-0.2, 0) is 9.59 Å². The molecule has 2 aliphatic rings. The van der Waals surface area contributed by atoms with E-state index in [1.807, 2.05) is 48.7 Å². The second-order valence-corrected chi connectivity index (χ2v) is 9.64. The summed E-state index contributed by atoms with van der Waals surface area (Å²) in [7, 11) is 0. The zero-order chi connectivity index (χ0) is 22.9. The van der Waals surface area contributed by atoms with Crippen molar-refractivity contribution in [2.75, 3.05) is 6.54 Å². The Balaban J connectivity index is 1.39. The summed E-state index contributed by atoms with van der Waals surface area (Å²) in [5, 5.41) is 7.33. The van der Waals surface area contributed by atoms with E-state index in [-0.39, 0.29) is 6.54 Å². The number of carbonyl (C=O) groups is 3. The smallest absolute Gasteiger partial charge is 0.294 e. The standard InChI is InChI=1S/C24H19N3O4S2/c1-15-6-8-16(9-7-15)18-13-19(20-5-2-10-31-20)27(25-18)22(28)14-26-23(29)21(33-24(26)30)12-17-4-3-11-32-17/h2-12,19H,13-14H2,1H3/b21-12-. The maximum atomic E-state index is 13.3. The molecule has 3 amide bonds. The van der Waals surface area contributed by atoms with E-state index < -0.39 is 23.1 Å². The van der Waals surface area contributed by atoms with Crippen molar-refractivity contribution in [2.45, 2.75) is 19.4 Å². The highest BCUT2D eigenvalue weighted by Gasteiger charge is 2.40. The van der Waals surface area contributed by atoms with Crippen molar-refractivity contribution >= 4 is 51.9 Å². The lowest BCUT2D eigenvalue weighted by molar-refractivity contribution is -0.137. The Morgan fingerprint density at radius 1 is 1.18 bits per heavy atom. The van der Waals surface area contributed by atoms with Crippen LogP contribution in [0.4, 0.5) is 4.79 Å². The van der Waals surface area contributed by atoms with E-state index in [0.717, 1.165) is 38.4 Å².